The molecule has 0 saturated carbocycles. The summed E-state index contributed by atoms with van der Waals surface area (Å²) in [6.07, 6.45) is 0. The first kappa shape index (κ1) is 29.7. The number of sulfonamides is 1. The van der Waals surface area contributed by atoms with Crippen molar-refractivity contribution in [3.63, 3.8) is 0 Å². The molecular formula is C30H37N3O5S. The quantitative estimate of drug-likeness (QED) is 0.399. The van der Waals surface area contributed by atoms with Crippen molar-refractivity contribution in [1.82, 2.24) is 10.2 Å². The number of hydrogen-bond donors (Lipinski definition) is 1. The van der Waals surface area contributed by atoms with Gasteiger partial charge in [-0.3, -0.25) is 13.9 Å². The Hall–Kier alpha value is -3.85. The summed E-state index contributed by atoms with van der Waals surface area (Å²) in [6, 6.07) is 21.3. The van der Waals surface area contributed by atoms with Gasteiger partial charge in [-0.25, -0.2) is 8.42 Å². The van der Waals surface area contributed by atoms with Gasteiger partial charge in [-0.15, -0.1) is 0 Å². The zero-order chi connectivity index (χ0) is 28.8. The Kier molecular flexibility index (Phi) is 9.40. The fourth-order valence-electron chi connectivity index (χ4n) is 4.02. The fourth-order valence-corrected chi connectivity index (χ4v) is 5.44. The van der Waals surface area contributed by atoms with Gasteiger partial charge in [-0.2, -0.15) is 0 Å². The molecule has 208 valence electrons. The smallest absolute Gasteiger partial charge is 0.264 e. The lowest BCUT2D eigenvalue weighted by Crippen LogP contribution is -2.54. The number of hydrogen-bond acceptors (Lipinski definition) is 5. The predicted octanol–water partition coefficient (Wildman–Crippen LogP) is 4.53. The van der Waals surface area contributed by atoms with E-state index < -0.39 is 34.1 Å². The molecule has 8 nitrogen and oxygen atoms in total. The zero-order valence-corrected chi connectivity index (χ0v) is 24.2. The van der Waals surface area contributed by atoms with Gasteiger partial charge in [-0.1, -0.05) is 42.5 Å². The molecule has 0 bridgehead atoms. The van der Waals surface area contributed by atoms with E-state index in [0.29, 0.717) is 11.4 Å². The summed E-state index contributed by atoms with van der Waals surface area (Å²) in [7, 11) is -2.52. The van der Waals surface area contributed by atoms with Crippen LogP contribution < -0.4 is 14.4 Å². The van der Waals surface area contributed by atoms with Crippen LogP contribution in [0, 0.1) is 6.92 Å². The monoisotopic (exact) mass is 551 g/mol. The van der Waals surface area contributed by atoms with Crippen molar-refractivity contribution in [3.8, 4) is 5.75 Å². The van der Waals surface area contributed by atoms with Crippen LogP contribution in [0.3, 0.4) is 0 Å². The minimum absolute atomic E-state index is 0.0690. The standard InChI is InChI=1S/C30H37N3O5S/c1-22-11-10-12-25(19-22)33(39(36,37)27-13-8-7-9-14-27)21-28(34)32(23(2)29(35)31-30(3,4)5)20-24-15-17-26(38-6)18-16-24/h7-19,23H,20-21H2,1-6H3,(H,31,35). The Balaban J connectivity index is 2.02. The third-order valence-corrected chi connectivity index (χ3v) is 7.87. The maximum absolute atomic E-state index is 13.9. The molecule has 0 radical (unpaired) electrons. The lowest BCUT2D eigenvalue weighted by atomic mass is 10.1. The van der Waals surface area contributed by atoms with Crippen molar-refractivity contribution in [2.24, 2.45) is 0 Å². The van der Waals surface area contributed by atoms with Crippen LogP contribution in [0.2, 0.25) is 0 Å². The number of carbonyl (C=O) groups is 2. The number of benzene rings is 3. The van der Waals surface area contributed by atoms with Crippen LogP contribution in [-0.2, 0) is 26.2 Å². The van der Waals surface area contributed by atoms with Crippen molar-refractivity contribution >= 4 is 27.5 Å². The first-order valence-corrected chi connectivity index (χ1v) is 14.1. The summed E-state index contributed by atoms with van der Waals surface area (Å²) in [5.41, 5.74) is 1.47. The van der Waals surface area contributed by atoms with Gasteiger partial charge >= 0.3 is 0 Å². The molecule has 2 amide bonds. The van der Waals surface area contributed by atoms with Crippen molar-refractivity contribution < 1.29 is 22.7 Å². The maximum Gasteiger partial charge on any atom is 0.264 e. The van der Waals surface area contributed by atoms with Crippen LogP contribution in [-0.4, -0.2) is 50.4 Å². The Morgan fingerprint density at radius 1 is 0.949 bits per heavy atom. The van der Waals surface area contributed by atoms with E-state index in [1.54, 1.807) is 62.6 Å². The summed E-state index contributed by atoms with van der Waals surface area (Å²) in [5, 5.41) is 2.92. The summed E-state index contributed by atoms with van der Waals surface area (Å²) in [6.45, 7) is 8.70. The zero-order valence-electron chi connectivity index (χ0n) is 23.3. The maximum atomic E-state index is 13.9. The van der Waals surface area contributed by atoms with Gasteiger partial charge < -0.3 is 15.0 Å². The fraction of sp³-hybridized carbons (Fsp3) is 0.333. The Morgan fingerprint density at radius 2 is 1.59 bits per heavy atom. The molecule has 0 aromatic heterocycles. The van der Waals surface area contributed by atoms with Gasteiger partial charge in [0.25, 0.3) is 10.0 Å². The third-order valence-electron chi connectivity index (χ3n) is 6.08. The van der Waals surface area contributed by atoms with Gasteiger partial charge in [0.05, 0.1) is 17.7 Å². The van der Waals surface area contributed by atoms with E-state index in [0.717, 1.165) is 15.4 Å². The summed E-state index contributed by atoms with van der Waals surface area (Å²) < 4.78 is 33.9. The molecule has 3 aromatic carbocycles. The number of ether oxygens (including phenoxy) is 1. The SMILES string of the molecule is COc1ccc(CN(C(=O)CN(c2cccc(C)c2)S(=O)(=O)c2ccccc2)C(C)C(=O)NC(C)(C)C)cc1. The predicted molar refractivity (Wildman–Crippen MR) is 153 cm³/mol. The number of nitrogens with one attached hydrogen (secondary N) is 1. The molecule has 1 unspecified atom stereocenters. The molecule has 0 saturated heterocycles. The number of methoxy groups -OCH3 is 1. The van der Waals surface area contributed by atoms with Crippen molar-refractivity contribution in [1.29, 1.82) is 0 Å². The van der Waals surface area contributed by atoms with Gasteiger partial charge in [-0.05, 0) is 82.1 Å². The minimum Gasteiger partial charge on any atom is -0.497 e. The molecule has 9 heteroatoms. The first-order chi connectivity index (χ1) is 18.3. The number of carbonyl (C=O) groups excluding carboxylic acids is 2. The van der Waals surface area contributed by atoms with E-state index in [1.165, 1.54) is 17.0 Å². The Labute approximate surface area is 231 Å². The van der Waals surface area contributed by atoms with E-state index in [9.17, 15) is 18.0 Å². The number of rotatable bonds is 10. The van der Waals surface area contributed by atoms with E-state index >= 15 is 0 Å². The summed E-state index contributed by atoms with van der Waals surface area (Å²) in [4.78, 5) is 28.6. The van der Waals surface area contributed by atoms with Crippen LogP contribution in [0.25, 0.3) is 0 Å². The normalized spacial score (nSPS) is 12.4. The number of aryl methyl sites for hydroxylation is 1. The van der Waals surface area contributed by atoms with Gasteiger partial charge in [0.1, 0.15) is 18.3 Å². The van der Waals surface area contributed by atoms with Crippen LogP contribution in [0.4, 0.5) is 5.69 Å². The largest absolute Gasteiger partial charge is 0.497 e. The second-order valence-corrected chi connectivity index (χ2v) is 12.3. The molecule has 39 heavy (non-hydrogen) atoms. The number of nitrogens with zero attached hydrogens (tertiary/aromatic N) is 2. The van der Waals surface area contributed by atoms with E-state index in [1.807, 2.05) is 45.9 Å². The molecule has 3 rings (SSSR count). The second kappa shape index (κ2) is 12.3. The van der Waals surface area contributed by atoms with Gasteiger partial charge in [0.15, 0.2) is 0 Å². The van der Waals surface area contributed by atoms with E-state index in [-0.39, 0.29) is 17.3 Å². The van der Waals surface area contributed by atoms with E-state index in [2.05, 4.69) is 5.32 Å². The van der Waals surface area contributed by atoms with Crippen LogP contribution in [0.1, 0.15) is 38.8 Å². The van der Waals surface area contributed by atoms with Gasteiger partial charge in [0, 0.05) is 12.1 Å². The van der Waals surface area contributed by atoms with Crippen LogP contribution in [0.5, 0.6) is 5.75 Å². The lowest BCUT2D eigenvalue weighted by molar-refractivity contribution is -0.140. The highest BCUT2D eigenvalue weighted by Gasteiger charge is 2.33. The molecule has 1 N–H and O–H groups in total. The molecule has 0 heterocycles. The first-order valence-electron chi connectivity index (χ1n) is 12.7. The Morgan fingerprint density at radius 3 is 2.15 bits per heavy atom. The van der Waals surface area contributed by atoms with Gasteiger partial charge in [0.2, 0.25) is 11.8 Å². The van der Waals surface area contributed by atoms with Crippen molar-refractivity contribution in [2.75, 3.05) is 18.0 Å². The molecule has 0 aliphatic heterocycles. The number of amides is 2. The highest BCUT2D eigenvalue weighted by Crippen LogP contribution is 2.25. The third kappa shape index (κ3) is 7.83. The molecule has 0 aliphatic carbocycles. The molecule has 0 spiro atoms. The molecule has 0 fully saturated rings. The second-order valence-electron chi connectivity index (χ2n) is 10.4. The molecule has 1 atom stereocenters. The lowest BCUT2D eigenvalue weighted by Gasteiger charge is -2.33. The summed E-state index contributed by atoms with van der Waals surface area (Å²) in [5.74, 6) is -0.185. The number of anilines is 1. The molecular weight excluding hydrogens is 514 g/mol. The van der Waals surface area contributed by atoms with Crippen molar-refractivity contribution in [2.45, 2.75) is 57.6 Å². The Bertz CT molecular complexity index is 1380. The topological polar surface area (TPSA) is 96.0 Å². The van der Waals surface area contributed by atoms with Crippen LogP contribution in [0.15, 0.2) is 83.8 Å². The highest BCUT2D eigenvalue weighted by atomic mass is 32.2. The summed E-state index contributed by atoms with van der Waals surface area (Å²) >= 11 is 0. The van der Waals surface area contributed by atoms with E-state index in [4.69, 9.17) is 4.74 Å². The average molecular weight is 552 g/mol. The molecule has 0 aliphatic rings. The highest BCUT2D eigenvalue weighted by molar-refractivity contribution is 7.92. The minimum atomic E-state index is -4.09. The van der Waals surface area contributed by atoms with Crippen molar-refractivity contribution in [3.05, 3.63) is 90.0 Å². The van der Waals surface area contributed by atoms with Crippen LogP contribution >= 0.6 is 0 Å². The molecule has 3 aromatic rings. The average Bonchev–Trinajstić information content (AvgIpc) is 2.89.